The van der Waals surface area contributed by atoms with Crippen LogP contribution in [-0.2, 0) is 6.54 Å². The van der Waals surface area contributed by atoms with Crippen LogP contribution < -0.4 is 15.0 Å². The van der Waals surface area contributed by atoms with Crippen molar-refractivity contribution in [1.29, 1.82) is 0 Å². The zero-order chi connectivity index (χ0) is 13.4. The van der Waals surface area contributed by atoms with E-state index in [4.69, 9.17) is 21.1 Å². The first-order valence-corrected chi connectivity index (χ1v) is 6.58. The third kappa shape index (κ3) is 2.04. The van der Waals surface area contributed by atoms with Gasteiger partial charge in [0.15, 0.2) is 11.5 Å². The summed E-state index contributed by atoms with van der Waals surface area (Å²) in [6.45, 7) is 3.51. The van der Waals surface area contributed by atoms with Crippen molar-refractivity contribution in [1.82, 2.24) is 9.55 Å². The number of hydrogen-bond donors (Lipinski definition) is 0. The molecule has 0 N–H and O–H groups in total. The molecule has 100 valence electrons. The van der Waals surface area contributed by atoms with Gasteiger partial charge in [-0.1, -0.05) is 0 Å². The van der Waals surface area contributed by atoms with Gasteiger partial charge in [0, 0.05) is 19.0 Å². The Bertz CT molecular complexity index is 696. The van der Waals surface area contributed by atoms with Gasteiger partial charge < -0.3 is 9.47 Å². The number of hydrogen-bond acceptors (Lipinski definition) is 4. The zero-order valence-corrected chi connectivity index (χ0v) is 11.2. The van der Waals surface area contributed by atoms with Crippen molar-refractivity contribution in [2.75, 3.05) is 13.2 Å². The maximum absolute atomic E-state index is 12.3. The highest BCUT2D eigenvalue weighted by Gasteiger charge is 2.15. The lowest BCUT2D eigenvalue weighted by Crippen LogP contribution is -2.21. The SMILES string of the molecule is CCn1c(Cl)nc2cc3c(cc2c1=O)OCCCO3. The maximum Gasteiger partial charge on any atom is 0.262 e. The molecule has 0 fully saturated rings. The van der Waals surface area contributed by atoms with E-state index in [9.17, 15) is 4.79 Å². The van der Waals surface area contributed by atoms with Gasteiger partial charge >= 0.3 is 0 Å². The van der Waals surface area contributed by atoms with Crippen LogP contribution in [0.3, 0.4) is 0 Å². The molecule has 1 aromatic heterocycles. The van der Waals surface area contributed by atoms with Crippen molar-refractivity contribution in [2.45, 2.75) is 19.9 Å². The molecule has 0 bridgehead atoms. The Labute approximate surface area is 114 Å². The topological polar surface area (TPSA) is 53.4 Å². The molecule has 0 spiro atoms. The predicted octanol–water partition coefficient (Wildman–Crippen LogP) is 2.23. The fourth-order valence-corrected chi connectivity index (χ4v) is 2.41. The molecule has 0 atom stereocenters. The van der Waals surface area contributed by atoms with Crippen LogP contribution in [0.1, 0.15) is 13.3 Å². The third-order valence-electron chi connectivity index (χ3n) is 3.09. The van der Waals surface area contributed by atoms with Crippen molar-refractivity contribution in [3.05, 3.63) is 27.8 Å². The van der Waals surface area contributed by atoms with Crippen LogP contribution >= 0.6 is 11.6 Å². The highest BCUT2D eigenvalue weighted by Crippen LogP contribution is 2.32. The maximum atomic E-state index is 12.3. The van der Waals surface area contributed by atoms with Crippen LogP contribution in [0.15, 0.2) is 16.9 Å². The molecule has 6 heteroatoms. The summed E-state index contributed by atoms with van der Waals surface area (Å²) in [5.74, 6) is 1.20. The van der Waals surface area contributed by atoms with Crippen LogP contribution in [0.25, 0.3) is 10.9 Å². The number of ether oxygens (including phenoxy) is 2. The van der Waals surface area contributed by atoms with E-state index in [1.807, 2.05) is 6.92 Å². The minimum absolute atomic E-state index is 0.159. The molecule has 19 heavy (non-hydrogen) atoms. The smallest absolute Gasteiger partial charge is 0.262 e. The van der Waals surface area contributed by atoms with Crippen LogP contribution in [0.5, 0.6) is 11.5 Å². The largest absolute Gasteiger partial charge is 0.490 e. The first kappa shape index (κ1) is 12.3. The average Bonchev–Trinajstić information content (AvgIpc) is 2.62. The number of rotatable bonds is 1. The molecule has 1 aromatic carbocycles. The van der Waals surface area contributed by atoms with Gasteiger partial charge in [-0.25, -0.2) is 4.98 Å². The van der Waals surface area contributed by atoms with Crippen LogP contribution in [0.2, 0.25) is 5.28 Å². The molecule has 3 rings (SSSR count). The second kappa shape index (κ2) is 4.74. The third-order valence-corrected chi connectivity index (χ3v) is 3.38. The zero-order valence-electron chi connectivity index (χ0n) is 10.5. The van der Waals surface area contributed by atoms with E-state index < -0.39 is 0 Å². The predicted molar refractivity (Wildman–Crippen MR) is 72.3 cm³/mol. The van der Waals surface area contributed by atoms with E-state index in [0.717, 1.165) is 6.42 Å². The Morgan fingerprint density at radius 2 is 2.00 bits per heavy atom. The lowest BCUT2D eigenvalue weighted by atomic mass is 10.2. The Balaban J connectivity index is 2.30. The molecule has 0 unspecified atom stereocenters. The summed E-state index contributed by atoms with van der Waals surface area (Å²) in [5, 5.41) is 0.685. The highest BCUT2D eigenvalue weighted by atomic mass is 35.5. The molecule has 0 radical (unpaired) electrons. The minimum atomic E-state index is -0.159. The molecular formula is C13H13ClN2O3. The lowest BCUT2D eigenvalue weighted by molar-refractivity contribution is 0.297. The molecular weight excluding hydrogens is 268 g/mol. The van der Waals surface area contributed by atoms with Gasteiger partial charge in [-0.2, -0.15) is 0 Å². The standard InChI is InChI=1S/C13H13ClN2O3/c1-2-16-12(17)8-6-10-11(19-5-3-4-18-10)7-9(8)15-13(16)14/h6-7H,2-5H2,1H3. The molecule has 1 aliphatic rings. The van der Waals surface area contributed by atoms with E-state index in [0.29, 0.717) is 42.2 Å². The average molecular weight is 281 g/mol. The molecule has 2 aromatic rings. The first-order valence-electron chi connectivity index (χ1n) is 6.20. The number of benzene rings is 1. The molecule has 0 saturated carbocycles. The van der Waals surface area contributed by atoms with Crippen molar-refractivity contribution in [3.8, 4) is 11.5 Å². The van der Waals surface area contributed by atoms with Gasteiger partial charge in [-0.05, 0) is 24.6 Å². The van der Waals surface area contributed by atoms with E-state index >= 15 is 0 Å². The quantitative estimate of drug-likeness (QED) is 0.752. The Kier molecular flexibility index (Phi) is 3.06. The van der Waals surface area contributed by atoms with Gasteiger partial charge in [-0.3, -0.25) is 9.36 Å². The van der Waals surface area contributed by atoms with Gasteiger partial charge in [0.25, 0.3) is 5.56 Å². The van der Waals surface area contributed by atoms with E-state index in [1.54, 1.807) is 12.1 Å². The number of aromatic nitrogens is 2. The number of nitrogens with zero attached hydrogens (tertiary/aromatic N) is 2. The fourth-order valence-electron chi connectivity index (χ4n) is 2.12. The van der Waals surface area contributed by atoms with Crippen molar-refractivity contribution in [3.63, 3.8) is 0 Å². The summed E-state index contributed by atoms with van der Waals surface area (Å²) in [6, 6.07) is 3.40. The number of halogens is 1. The molecule has 2 heterocycles. The minimum Gasteiger partial charge on any atom is -0.490 e. The molecule has 1 aliphatic heterocycles. The van der Waals surface area contributed by atoms with Crippen molar-refractivity contribution in [2.24, 2.45) is 0 Å². The fraction of sp³-hybridized carbons (Fsp3) is 0.385. The van der Waals surface area contributed by atoms with E-state index in [1.165, 1.54) is 4.57 Å². The van der Waals surface area contributed by atoms with Crippen molar-refractivity contribution >= 4 is 22.5 Å². The normalized spacial score (nSPS) is 14.4. The summed E-state index contributed by atoms with van der Waals surface area (Å²) < 4.78 is 12.6. The van der Waals surface area contributed by atoms with Gasteiger partial charge in [0.05, 0.1) is 24.1 Å². The van der Waals surface area contributed by atoms with Crippen molar-refractivity contribution < 1.29 is 9.47 Å². The Morgan fingerprint density at radius 1 is 1.32 bits per heavy atom. The molecule has 5 nitrogen and oxygen atoms in total. The second-order valence-electron chi connectivity index (χ2n) is 4.30. The summed E-state index contributed by atoms with van der Waals surface area (Å²) in [6.07, 6.45) is 0.818. The molecule has 0 amide bonds. The Morgan fingerprint density at radius 3 is 2.68 bits per heavy atom. The van der Waals surface area contributed by atoms with Crippen LogP contribution in [0, 0.1) is 0 Å². The lowest BCUT2D eigenvalue weighted by Gasteiger charge is -2.10. The summed E-state index contributed by atoms with van der Waals surface area (Å²) >= 11 is 6.00. The Hall–Kier alpha value is -1.75. The van der Waals surface area contributed by atoms with E-state index in [-0.39, 0.29) is 10.8 Å². The summed E-state index contributed by atoms with van der Waals surface area (Å²) in [5.41, 5.74) is 0.372. The second-order valence-corrected chi connectivity index (χ2v) is 4.63. The molecule has 0 aliphatic carbocycles. The molecule has 0 saturated heterocycles. The van der Waals surface area contributed by atoms with Crippen LogP contribution in [-0.4, -0.2) is 22.8 Å². The first-order chi connectivity index (χ1) is 9.20. The van der Waals surface area contributed by atoms with Gasteiger partial charge in [0.1, 0.15) is 0 Å². The number of fused-ring (bicyclic) bond motifs is 2. The summed E-state index contributed by atoms with van der Waals surface area (Å²) in [4.78, 5) is 16.5. The van der Waals surface area contributed by atoms with Gasteiger partial charge in [0.2, 0.25) is 5.28 Å². The monoisotopic (exact) mass is 280 g/mol. The van der Waals surface area contributed by atoms with Crippen LogP contribution in [0.4, 0.5) is 0 Å². The summed E-state index contributed by atoms with van der Waals surface area (Å²) in [7, 11) is 0. The van der Waals surface area contributed by atoms with Gasteiger partial charge in [-0.15, -0.1) is 0 Å². The van der Waals surface area contributed by atoms with E-state index in [2.05, 4.69) is 4.98 Å². The highest BCUT2D eigenvalue weighted by molar-refractivity contribution is 6.28.